The molecule has 4 heteroatoms. The minimum absolute atomic E-state index is 0.155. The van der Waals surface area contributed by atoms with Crippen molar-refractivity contribution in [3.63, 3.8) is 0 Å². The highest BCUT2D eigenvalue weighted by atomic mass is 19.1. The highest BCUT2D eigenvalue weighted by Gasteiger charge is 2.12. The lowest BCUT2D eigenvalue weighted by Gasteiger charge is -2.08. The summed E-state index contributed by atoms with van der Waals surface area (Å²) >= 11 is 0. The van der Waals surface area contributed by atoms with Gasteiger partial charge in [-0.2, -0.15) is 0 Å². The lowest BCUT2D eigenvalue weighted by molar-refractivity contribution is 0.301. The summed E-state index contributed by atoms with van der Waals surface area (Å²) in [5.41, 5.74) is 3.05. The third-order valence-electron chi connectivity index (χ3n) is 3.52. The molecule has 110 valence electrons. The molecule has 2 heterocycles. The van der Waals surface area contributed by atoms with Gasteiger partial charge in [-0.05, 0) is 25.1 Å². The van der Waals surface area contributed by atoms with Crippen LogP contribution in [-0.2, 0) is 13.0 Å². The predicted molar refractivity (Wildman–Crippen MR) is 83.2 cm³/mol. The third-order valence-corrected chi connectivity index (χ3v) is 3.52. The molecule has 0 amide bonds. The molecule has 3 nitrogen and oxygen atoms in total. The molecule has 3 aromatic rings. The molecule has 3 rings (SSSR count). The van der Waals surface area contributed by atoms with E-state index >= 15 is 0 Å². The Hall–Kier alpha value is -2.80. The topological polar surface area (TPSA) is 26.5 Å². The summed E-state index contributed by atoms with van der Waals surface area (Å²) < 4.78 is 21.3. The Morgan fingerprint density at radius 3 is 2.86 bits per heavy atom. The van der Waals surface area contributed by atoms with Crippen LogP contribution in [0.4, 0.5) is 4.39 Å². The van der Waals surface area contributed by atoms with Crippen LogP contribution in [0.15, 0.2) is 42.6 Å². The predicted octanol–water partition coefficient (Wildman–Crippen LogP) is 3.54. The Morgan fingerprint density at radius 1 is 1.27 bits per heavy atom. The second-order valence-corrected chi connectivity index (χ2v) is 4.97. The average molecular weight is 294 g/mol. The molecule has 0 aliphatic rings. The summed E-state index contributed by atoms with van der Waals surface area (Å²) in [6, 6.07) is 10.3. The van der Waals surface area contributed by atoms with Crippen LogP contribution in [0.3, 0.4) is 0 Å². The first kappa shape index (κ1) is 14.2. The molecule has 0 N–H and O–H groups in total. The van der Waals surface area contributed by atoms with E-state index in [1.54, 1.807) is 18.2 Å². The number of terminal acetylenes is 1. The van der Waals surface area contributed by atoms with Crippen LogP contribution in [0.5, 0.6) is 5.75 Å². The van der Waals surface area contributed by atoms with E-state index in [1.165, 1.54) is 6.07 Å². The van der Waals surface area contributed by atoms with Gasteiger partial charge in [0.2, 0.25) is 0 Å². The number of pyridine rings is 1. The van der Waals surface area contributed by atoms with Crippen molar-refractivity contribution in [1.29, 1.82) is 0 Å². The molecule has 1 aromatic carbocycles. The molecule has 0 spiro atoms. The van der Waals surface area contributed by atoms with Gasteiger partial charge in [0.15, 0.2) is 11.4 Å². The Kier molecular flexibility index (Phi) is 3.80. The van der Waals surface area contributed by atoms with E-state index in [1.807, 2.05) is 29.7 Å². The maximum atomic E-state index is 13.7. The van der Waals surface area contributed by atoms with Crippen LogP contribution in [0.2, 0.25) is 0 Å². The fraction of sp³-hybridized carbons (Fsp3) is 0.167. The van der Waals surface area contributed by atoms with Gasteiger partial charge in [-0.1, -0.05) is 18.2 Å². The normalized spacial score (nSPS) is 10.6. The Labute approximate surface area is 128 Å². The van der Waals surface area contributed by atoms with E-state index in [0.29, 0.717) is 23.4 Å². The molecule has 2 aromatic heterocycles. The van der Waals surface area contributed by atoms with Crippen LogP contribution in [0.25, 0.3) is 5.65 Å². The van der Waals surface area contributed by atoms with Crippen molar-refractivity contribution in [2.75, 3.05) is 0 Å². The lowest BCUT2D eigenvalue weighted by Crippen LogP contribution is -2.00. The van der Waals surface area contributed by atoms with Crippen LogP contribution in [-0.4, -0.2) is 9.38 Å². The van der Waals surface area contributed by atoms with Gasteiger partial charge in [-0.3, -0.25) is 4.40 Å². The first-order valence-electron chi connectivity index (χ1n) is 6.97. The molecular weight excluding hydrogens is 279 g/mol. The number of rotatable bonds is 4. The molecule has 0 unspecified atom stereocenters. The van der Waals surface area contributed by atoms with E-state index in [4.69, 9.17) is 11.2 Å². The van der Waals surface area contributed by atoms with Crippen molar-refractivity contribution in [2.24, 2.45) is 0 Å². The highest BCUT2D eigenvalue weighted by Crippen LogP contribution is 2.23. The van der Waals surface area contributed by atoms with Crippen LogP contribution in [0, 0.1) is 25.1 Å². The first-order valence-corrected chi connectivity index (χ1v) is 6.97. The van der Waals surface area contributed by atoms with Crippen LogP contribution < -0.4 is 4.74 Å². The summed E-state index contributed by atoms with van der Waals surface area (Å²) in [5.74, 6) is 2.97. The van der Waals surface area contributed by atoms with E-state index in [9.17, 15) is 4.39 Å². The molecule has 0 fully saturated rings. The quantitative estimate of drug-likeness (QED) is 0.688. The maximum absolute atomic E-state index is 13.7. The van der Waals surface area contributed by atoms with E-state index < -0.39 is 0 Å². The summed E-state index contributed by atoms with van der Waals surface area (Å²) in [6.45, 7) is 2.07. The number of hydrogen-bond acceptors (Lipinski definition) is 2. The zero-order valence-corrected chi connectivity index (χ0v) is 12.2. The second-order valence-electron chi connectivity index (χ2n) is 4.97. The Morgan fingerprint density at radius 2 is 2.09 bits per heavy atom. The van der Waals surface area contributed by atoms with Gasteiger partial charge in [0, 0.05) is 11.8 Å². The van der Waals surface area contributed by atoms with Crippen molar-refractivity contribution in [2.45, 2.75) is 20.0 Å². The lowest BCUT2D eigenvalue weighted by atomic mass is 10.2. The molecule has 0 saturated carbocycles. The van der Waals surface area contributed by atoms with Crippen molar-refractivity contribution in [3.8, 4) is 18.1 Å². The Balaban J connectivity index is 1.93. The zero-order chi connectivity index (χ0) is 15.5. The largest absolute Gasteiger partial charge is 0.485 e. The first-order chi connectivity index (χ1) is 10.7. The van der Waals surface area contributed by atoms with Gasteiger partial charge in [0.25, 0.3) is 0 Å². The van der Waals surface area contributed by atoms with E-state index in [2.05, 4.69) is 10.9 Å². The van der Waals surface area contributed by atoms with Gasteiger partial charge in [-0.25, -0.2) is 9.37 Å². The van der Waals surface area contributed by atoms with Crippen molar-refractivity contribution in [3.05, 3.63) is 65.4 Å². The highest BCUT2D eigenvalue weighted by molar-refractivity contribution is 5.56. The number of halogens is 1. The average Bonchev–Trinajstić information content (AvgIpc) is 2.84. The van der Waals surface area contributed by atoms with Gasteiger partial charge in [0.05, 0.1) is 17.8 Å². The number of benzene rings is 1. The molecule has 0 radical (unpaired) electrons. The number of hydrogen-bond donors (Lipinski definition) is 0. The molecule has 0 atom stereocenters. The summed E-state index contributed by atoms with van der Waals surface area (Å²) in [6.07, 6.45) is 7.81. The van der Waals surface area contributed by atoms with E-state index in [-0.39, 0.29) is 12.4 Å². The van der Waals surface area contributed by atoms with Crippen molar-refractivity contribution < 1.29 is 9.13 Å². The maximum Gasteiger partial charge on any atom is 0.180 e. The minimum Gasteiger partial charge on any atom is -0.485 e. The number of fused-ring (bicyclic) bond motifs is 1. The van der Waals surface area contributed by atoms with Gasteiger partial charge in [-0.15, -0.1) is 12.3 Å². The summed E-state index contributed by atoms with van der Waals surface area (Å²) in [5, 5.41) is 0. The molecular formula is C18H15FN2O. The summed E-state index contributed by atoms with van der Waals surface area (Å²) in [7, 11) is 0. The standard InChI is InChI=1S/C18H15FN2O/c1-3-7-16-13(2)20-18-17(10-6-11-21(16)18)22-12-14-8-4-5-9-15(14)19/h1,4-6,8-11H,7,12H2,2H3. The number of imidazole rings is 1. The summed E-state index contributed by atoms with van der Waals surface area (Å²) in [4.78, 5) is 4.52. The SMILES string of the molecule is C#CCc1c(C)nc2c(OCc3ccccc3F)cccn12. The van der Waals surface area contributed by atoms with Crippen molar-refractivity contribution in [1.82, 2.24) is 9.38 Å². The van der Waals surface area contributed by atoms with Crippen LogP contribution in [0.1, 0.15) is 17.0 Å². The van der Waals surface area contributed by atoms with Crippen LogP contribution >= 0.6 is 0 Å². The van der Waals surface area contributed by atoms with Gasteiger partial charge < -0.3 is 4.74 Å². The molecule has 0 bridgehead atoms. The zero-order valence-electron chi connectivity index (χ0n) is 12.2. The molecule has 22 heavy (non-hydrogen) atoms. The minimum atomic E-state index is -0.276. The number of ether oxygens (including phenoxy) is 1. The van der Waals surface area contributed by atoms with Gasteiger partial charge in [0.1, 0.15) is 12.4 Å². The van der Waals surface area contributed by atoms with E-state index in [0.717, 1.165) is 11.4 Å². The fourth-order valence-electron chi connectivity index (χ4n) is 2.40. The smallest absolute Gasteiger partial charge is 0.180 e. The Bertz CT molecular complexity index is 861. The van der Waals surface area contributed by atoms with Gasteiger partial charge >= 0.3 is 0 Å². The third kappa shape index (κ3) is 2.53. The second kappa shape index (κ2) is 5.90. The number of aryl methyl sites for hydroxylation is 1. The molecule has 0 aliphatic carbocycles. The van der Waals surface area contributed by atoms with Crippen molar-refractivity contribution >= 4 is 5.65 Å². The molecule has 0 saturated heterocycles. The fourth-order valence-corrected chi connectivity index (χ4v) is 2.40. The monoisotopic (exact) mass is 294 g/mol. The number of aromatic nitrogens is 2. The number of nitrogens with zero attached hydrogens (tertiary/aromatic N) is 2. The molecule has 0 aliphatic heterocycles.